The summed E-state index contributed by atoms with van der Waals surface area (Å²) in [7, 11) is -2.66. The monoisotopic (exact) mass is 629 g/mol. The van der Waals surface area contributed by atoms with Gasteiger partial charge < -0.3 is 19.7 Å². The molecule has 1 N–H and O–H groups in total. The number of halogens is 1. The molecule has 11 heteroatoms. The van der Waals surface area contributed by atoms with Crippen molar-refractivity contribution in [3.05, 3.63) is 83.4 Å². The minimum absolute atomic E-state index is 0.0257. The van der Waals surface area contributed by atoms with Crippen molar-refractivity contribution in [2.45, 2.75) is 57.5 Å². The van der Waals surface area contributed by atoms with Crippen molar-refractivity contribution >= 4 is 39.1 Å². The lowest BCUT2D eigenvalue weighted by Gasteiger charge is -2.33. The Morgan fingerprint density at radius 2 is 1.65 bits per heavy atom. The van der Waals surface area contributed by atoms with Crippen LogP contribution in [0.5, 0.6) is 11.5 Å². The van der Waals surface area contributed by atoms with Gasteiger partial charge in [-0.05, 0) is 86.0 Å². The summed E-state index contributed by atoms with van der Waals surface area (Å²) in [5, 5.41) is 3.31. The Balaban J connectivity index is 2.05. The summed E-state index contributed by atoms with van der Waals surface area (Å²) < 4.78 is 39.9. The summed E-state index contributed by atoms with van der Waals surface area (Å²) in [6, 6.07) is 18.6. The van der Waals surface area contributed by atoms with Crippen LogP contribution in [0, 0.1) is 0 Å². The van der Waals surface area contributed by atoms with Crippen LogP contribution in [0.4, 0.5) is 5.69 Å². The van der Waals surface area contributed by atoms with E-state index in [1.165, 1.54) is 29.2 Å². The number of carbonyl (C=O) groups is 2. The molecule has 0 bridgehead atoms. The van der Waals surface area contributed by atoms with Gasteiger partial charge in [-0.2, -0.15) is 0 Å². The third kappa shape index (κ3) is 9.11. The highest BCUT2D eigenvalue weighted by atomic mass is 35.5. The summed E-state index contributed by atoms with van der Waals surface area (Å²) in [5.74, 6) is 0.342. The minimum atomic E-state index is -4.21. The topological polar surface area (TPSA) is 105 Å². The van der Waals surface area contributed by atoms with E-state index in [0.29, 0.717) is 36.1 Å². The maximum atomic E-state index is 14.2. The van der Waals surface area contributed by atoms with Crippen molar-refractivity contribution < 1.29 is 27.5 Å². The largest absolute Gasteiger partial charge is 0.497 e. The molecule has 0 aliphatic rings. The molecular weight excluding hydrogens is 590 g/mol. The first-order valence-corrected chi connectivity index (χ1v) is 16.2. The van der Waals surface area contributed by atoms with E-state index >= 15 is 0 Å². The zero-order chi connectivity index (χ0) is 31.4. The second-order valence-corrected chi connectivity index (χ2v) is 12.1. The van der Waals surface area contributed by atoms with Crippen LogP contribution in [0.1, 0.15) is 45.6 Å². The molecule has 232 valence electrons. The summed E-state index contributed by atoms with van der Waals surface area (Å²) in [5.41, 5.74) is 1.01. The van der Waals surface area contributed by atoms with Gasteiger partial charge in [0, 0.05) is 18.1 Å². The molecule has 0 heterocycles. The number of benzene rings is 3. The normalized spacial score (nSPS) is 11.8. The van der Waals surface area contributed by atoms with E-state index in [0.717, 1.165) is 22.7 Å². The van der Waals surface area contributed by atoms with Gasteiger partial charge in [0.15, 0.2) is 0 Å². The number of nitrogens with zero attached hydrogens (tertiary/aromatic N) is 2. The summed E-state index contributed by atoms with van der Waals surface area (Å²) in [6.45, 7) is 6.17. The Kier molecular flexibility index (Phi) is 12.7. The van der Waals surface area contributed by atoms with E-state index in [4.69, 9.17) is 21.1 Å². The molecule has 0 saturated heterocycles. The number of unbranched alkanes of at least 4 members (excludes halogenated alkanes) is 1. The Labute approximate surface area is 259 Å². The molecule has 0 radical (unpaired) electrons. The number of ether oxygens (including phenoxy) is 2. The van der Waals surface area contributed by atoms with E-state index in [9.17, 15) is 18.0 Å². The maximum Gasteiger partial charge on any atom is 0.264 e. The average molecular weight is 630 g/mol. The smallest absolute Gasteiger partial charge is 0.264 e. The lowest BCUT2D eigenvalue weighted by molar-refractivity contribution is -0.140. The van der Waals surface area contributed by atoms with Crippen LogP contribution in [-0.4, -0.2) is 58.0 Å². The molecule has 0 spiro atoms. The molecule has 43 heavy (non-hydrogen) atoms. The first-order chi connectivity index (χ1) is 20.6. The van der Waals surface area contributed by atoms with Gasteiger partial charge in [0.1, 0.15) is 24.1 Å². The Morgan fingerprint density at radius 3 is 2.26 bits per heavy atom. The quantitative estimate of drug-likeness (QED) is 0.205. The highest BCUT2D eigenvalue weighted by molar-refractivity contribution is 7.92. The predicted molar refractivity (Wildman–Crippen MR) is 169 cm³/mol. The van der Waals surface area contributed by atoms with Crippen LogP contribution in [0.3, 0.4) is 0 Å². The van der Waals surface area contributed by atoms with Crippen molar-refractivity contribution in [3.63, 3.8) is 0 Å². The van der Waals surface area contributed by atoms with E-state index in [2.05, 4.69) is 5.32 Å². The van der Waals surface area contributed by atoms with Gasteiger partial charge in [-0.3, -0.25) is 13.9 Å². The molecule has 1 unspecified atom stereocenters. The highest BCUT2D eigenvalue weighted by Crippen LogP contribution is 2.28. The van der Waals surface area contributed by atoms with Crippen molar-refractivity contribution in [2.24, 2.45) is 0 Å². The lowest BCUT2D eigenvalue weighted by Crippen LogP contribution is -2.52. The fourth-order valence-electron chi connectivity index (χ4n) is 4.53. The average Bonchev–Trinajstić information content (AvgIpc) is 3.00. The van der Waals surface area contributed by atoms with E-state index in [1.807, 2.05) is 26.8 Å². The van der Waals surface area contributed by atoms with Crippen molar-refractivity contribution in [3.8, 4) is 11.5 Å². The predicted octanol–water partition coefficient (Wildman–Crippen LogP) is 5.67. The number of hydrogen-bond acceptors (Lipinski definition) is 6. The molecule has 0 fully saturated rings. The van der Waals surface area contributed by atoms with Crippen molar-refractivity contribution in [2.75, 3.05) is 31.1 Å². The van der Waals surface area contributed by atoms with Crippen molar-refractivity contribution in [1.82, 2.24) is 10.2 Å². The maximum absolute atomic E-state index is 14.2. The van der Waals surface area contributed by atoms with Crippen LogP contribution in [0.2, 0.25) is 5.02 Å². The van der Waals surface area contributed by atoms with Gasteiger partial charge >= 0.3 is 0 Å². The molecule has 9 nitrogen and oxygen atoms in total. The molecule has 1 atom stereocenters. The molecule has 0 aliphatic carbocycles. The van der Waals surface area contributed by atoms with Gasteiger partial charge in [-0.15, -0.1) is 0 Å². The number of methoxy groups -OCH3 is 1. The van der Waals surface area contributed by atoms with Crippen molar-refractivity contribution in [1.29, 1.82) is 0 Å². The number of amides is 2. The number of nitrogens with one attached hydrogen (secondary N) is 1. The van der Waals surface area contributed by atoms with E-state index < -0.39 is 28.5 Å². The fraction of sp³-hybridized carbons (Fsp3) is 0.375. The van der Waals surface area contributed by atoms with E-state index in [1.54, 1.807) is 49.6 Å². The molecule has 3 rings (SSSR count). The summed E-state index contributed by atoms with van der Waals surface area (Å²) >= 11 is 6.03. The summed E-state index contributed by atoms with van der Waals surface area (Å²) in [6.07, 6.45) is 2.04. The zero-order valence-electron chi connectivity index (χ0n) is 25.1. The van der Waals surface area contributed by atoms with Gasteiger partial charge in [0.25, 0.3) is 10.0 Å². The second-order valence-electron chi connectivity index (χ2n) is 9.83. The minimum Gasteiger partial charge on any atom is -0.497 e. The zero-order valence-corrected chi connectivity index (χ0v) is 26.7. The summed E-state index contributed by atoms with van der Waals surface area (Å²) in [4.78, 5) is 28.9. The molecule has 3 aromatic carbocycles. The third-order valence-electron chi connectivity index (χ3n) is 6.82. The van der Waals surface area contributed by atoms with Crippen LogP contribution < -0.4 is 19.1 Å². The number of hydrogen-bond donors (Lipinski definition) is 1. The molecule has 0 saturated carbocycles. The molecule has 0 aliphatic heterocycles. The van der Waals surface area contributed by atoms with Gasteiger partial charge in [0.05, 0.1) is 24.3 Å². The number of anilines is 1. The standard InChI is InChI=1S/C32H40ClN3O6S/c1-5-8-20-34-32(38)30(6-2)35(22-24-10-9-11-28(21-24)41-4)31(37)23-36(26-14-16-27(17-15-26)42-7-3)43(39,40)29-18-12-25(33)13-19-29/h9-19,21,30H,5-8,20,22-23H2,1-4H3,(H,34,38). The van der Waals surface area contributed by atoms with Crippen LogP contribution in [0.15, 0.2) is 77.7 Å². The SMILES string of the molecule is CCCCNC(=O)C(CC)N(Cc1cccc(OC)c1)C(=O)CN(c1ccc(OCC)cc1)S(=O)(=O)c1ccc(Cl)cc1. The third-order valence-corrected chi connectivity index (χ3v) is 8.86. The fourth-order valence-corrected chi connectivity index (χ4v) is 6.07. The van der Waals surface area contributed by atoms with Crippen LogP contribution in [-0.2, 0) is 26.2 Å². The molecule has 2 amide bonds. The molecular formula is C32H40ClN3O6S. The Hall–Kier alpha value is -3.76. The van der Waals surface area contributed by atoms with Gasteiger partial charge in [-0.1, -0.05) is 44.0 Å². The number of carbonyl (C=O) groups excluding carboxylic acids is 2. The first kappa shape index (κ1) is 33.7. The van der Waals surface area contributed by atoms with Crippen LogP contribution in [0.25, 0.3) is 0 Å². The molecule has 3 aromatic rings. The van der Waals surface area contributed by atoms with E-state index in [-0.39, 0.29) is 23.0 Å². The van der Waals surface area contributed by atoms with Crippen LogP contribution >= 0.6 is 11.6 Å². The van der Waals surface area contributed by atoms with Gasteiger partial charge in [-0.25, -0.2) is 8.42 Å². The van der Waals surface area contributed by atoms with Gasteiger partial charge in [0.2, 0.25) is 11.8 Å². The highest BCUT2D eigenvalue weighted by Gasteiger charge is 2.33. The molecule has 0 aromatic heterocycles. The number of sulfonamides is 1. The second kappa shape index (κ2) is 16.2. The first-order valence-electron chi connectivity index (χ1n) is 14.4. The lowest BCUT2D eigenvalue weighted by atomic mass is 10.1. The Morgan fingerprint density at radius 1 is 0.953 bits per heavy atom. The Bertz CT molecular complexity index is 1450. The number of rotatable bonds is 16.